The lowest BCUT2D eigenvalue weighted by Gasteiger charge is -2.36. The number of aryl methyl sites for hydroxylation is 1. The monoisotopic (exact) mass is 390 g/mol. The number of amides is 1. The van der Waals surface area contributed by atoms with E-state index in [0.29, 0.717) is 43.5 Å². The number of rotatable bonds is 4. The molecule has 0 radical (unpaired) electrons. The maximum atomic E-state index is 14.8. The number of carbonyl (C=O) groups is 1. The minimum absolute atomic E-state index is 0.00487. The summed E-state index contributed by atoms with van der Waals surface area (Å²) in [4.78, 5) is 25.0. The van der Waals surface area contributed by atoms with Crippen molar-refractivity contribution in [1.82, 2.24) is 14.9 Å². The van der Waals surface area contributed by atoms with E-state index < -0.39 is 6.10 Å². The fraction of sp³-hybridized carbons (Fsp3) is 0.750. The molecule has 1 unspecified atom stereocenters. The third-order valence-electron chi connectivity index (χ3n) is 7.11. The van der Waals surface area contributed by atoms with Gasteiger partial charge in [-0.2, -0.15) is 0 Å². The minimum Gasteiger partial charge on any atom is -0.390 e. The molecule has 1 N–H and O–H groups in total. The molecule has 1 aromatic rings. The predicted octanol–water partition coefficient (Wildman–Crippen LogP) is 0.999. The first-order valence-electron chi connectivity index (χ1n) is 10.3. The van der Waals surface area contributed by atoms with Gasteiger partial charge in [0.05, 0.1) is 29.9 Å². The summed E-state index contributed by atoms with van der Waals surface area (Å²) >= 11 is 0. The zero-order valence-corrected chi connectivity index (χ0v) is 16.3. The number of aliphatic hydroxyl groups excluding tert-OH is 1. The average molecular weight is 390 g/mol. The Hall–Kier alpha value is -1.80. The number of aromatic nitrogens is 2. The van der Waals surface area contributed by atoms with E-state index in [4.69, 9.17) is 4.74 Å². The molecule has 1 saturated carbocycles. The Labute approximate surface area is 163 Å². The Bertz CT molecular complexity index is 789. The van der Waals surface area contributed by atoms with Crippen LogP contribution in [0.1, 0.15) is 31.9 Å². The van der Waals surface area contributed by atoms with E-state index in [9.17, 15) is 14.3 Å². The third kappa shape index (κ3) is 2.72. The number of ether oxygens (including phenoxy) is 1. The molecule has 1 amide bonds. The molecule has 1 aliphatic carbocycles. The maximum absolute atomic E-state index is 14.8. The molecule has 2 bridgehead atoms. The van der Waals surface area contributed by atoms with Crippen LogP contribution in [-0.2, 0) is 16.0 Å². The van der Waals surface area contributed by atoms with Crippen molar-refractivity contribution >= 4 is 11.7 Å². The normalized spacial score (nSPS) is 36.5. The van der Waals surface area contributed by atoms with Crippen molar-refractivity contribution in [3.8, 4) is 0 Å². The smallest absolute Gasteiger partial charge is 0.228 e. The molecule has 28 heavy (non-hydrogen) atoms. The first kappa shape index (κ1) is 18.2. The van der Waals surface area contributed by atoms with Crippen LogP contribution >= 0.6 is 0 Å². The molecule has 152 valence electrons. The average Bonchev–Trinajstić information content (AvgIpc) is 3.32. The van der Waals surface area contributed by atoms with Crippen molar-refractivity contribution in [1.29, 1.82) is 0 Å². The highest BCUT2D eigenvalue weighted by Gasteiger charge is 2.58. The Morgan fingerprint density at radius 3 is 2.82 bits per heavy atom. The highest BCUT2D eigenvalue weighted by molar-refractivity contribution is 5.80. The molecule has 4 fully saturated rings. The van der Waals surface area contributed by atoms with Crippen LogP contribution in [0.3, 0.4) is 0 Å². The summed E-state index contributed by atoms with van der Waals surface area (Å²) in [5, 5.41) is 10.9. The summed E-state index contributed by atoms with van der Waals surface area (Å²) in [5.74, 6) is -0.223. The van der Waals surface area contributed by atoms with Gasteiger partial charge in [-0.05, 0) is 25.7 Å². The van der Waals surface area contributed by atoms with E-state index in [-0.39, 0.29) is 41.7 Å². The molecule has 0 spiro atoms. The second-order valence-corrected chi connectivity index (χ2v) is 8.70. The van der Waals surface area contributed by atoms with Crippen LogP contribution in [0.15, 0.2) is 6.33 Å². The number of hydrogen-bond acceptors (Lipinski definition) is 6. The summed E-state index contributed by atoms with van der Waals surface area (Å²) in [6.07, 6.45) is 3.46. The van der Waals surface area contributed by atoms with Crippen LogP contribution in [0.2, 0.25) is 0 Å². The highest BCUT2D eigenvalue weighted by Crippen LogP contribution is 2.48. The second kappa shape index (κ2) is 6.62. The first-order valence-corrected chi connectivity index (χ1v) is 10.3. The van der Waals surface area contributed by atoms with E-state index in [1.165, 1.54) is 6.33 Å². The number of aliphatic hydroxyl groups is 1. The Morgan fingerprint density at radius 1 is 1.36 bits per heavy atom. The fourth-order valence-electron chi connectivity index (χ4n) is 5.37. The number of hydrogen-bond donors (Lipinski definition) is 1. The molecule has 4 aliphatic rings. The summed E-state index contributed by atoms with van der Waals surface area (Å²) in [6, 6.07) is 0.358. The van der Waals surface area contributed by atoms with Crippen molar-refractivity contribution in [2.24, 2.45) is 17.8 Å². The molecule has 7 nitrogen and oxygen atoms in total. The summed E-state index contributed by atoms with van der Waals surface area (Å²) in [7, 11) is 1.87. The van der Waals surface area contributed by atoms with Crippen LogP contribution in [-0.4, -0.2) is 70.4 Å². The van der Waals surface area contributed by atoms with Gasteiger partial charge in [0.2, 0.25) is 5.91 Å². The van der Waals surface area contributed by atoms with Gasteiger partial charge in [-0.3, -0.25) is 4.79 Å². The molecular formula is C20H27FN4O3. The molecular weight excluding hydrogens is 363 g/mol. The van der Waals surface area contributed by atoms with Crippen molar-refractivity contribution in [3.05, 3.63) is 17.8 Å². The topological polar surface area (TPSA) is 78.8 Å². The molecule has 6 atom stereocenters. The van der Waals surface area contributed by atoms with Crippen molar-refractivity contribution < 1.29 is 19.0 Å². The van der Waals surface area contributed by atoms with Gasteiger partial charge >= 0.3 is 0 Å². The Kier molecular flexibility index (Phi) is 4.32. The standard InChI is InChI=1S/C20H27FN4O3/c1-3-14-16(21)19(23-9-22-14)25-7-12-13(8-25)18-11(6-15(28-18)17(12)26)20(27)24(2)10-4-5-10/h9-13,15,17-18,26H,3-8H2,1-2H3/t11?,12-,13+,15+,17+,18-/m1/s1. The zero-order chi connectivity index (χ0) is 19.6. The van der Waals surface area contributed by atoms with Crippen molar-refractivity contribution in [2.75, 3.05) is 25.0 Å². The van der Waals surface area contributed by atoms with Gasteiger partial charge in [0.1, 0.15) is 6.33 Å². The van der Waals surface area contributed by atoms with Gasteiger partial charge in [-0.25, -0.2) is 14.4 Å². The fourth-order valence-corrected chi connectivity index (χ4v) is 5.37. The Balaban J connectivity index is 1.40. The van der Waals surface area contributed by atoms with Crippen LogP contribution in [0.25, 0.3) is 0 Å². The van der Waals surface area contributed by atoms with E-state index in [2.05, 4.69) is 9.97 Å². The molecule has 1 aromatic heterocycles. The van der Waals surface area contributed by atoms with Gasteiger partial charge in [-0.15, -0.1) is 0 Å². The SMILES string of the molecule is CCc1ncnc(N2C[C@H]3[C@H](O)[C@@H]4CC(C(=O)N(C)C5CC5)[C@@H](O4)[C@H]3C2)c1F. The summed E-state index contributed by atoms with van der Waals surface area (Å²) in [5.41, 5.74) is 0.400. The number of nitrogens with zero attached hydrogens (tertiary/aromatic N) is 4. The number of carbonyl (C=O) groups excluding carboxylic acids is 1. The van der Waals surface area contributed by atoms with E-state index in [1.54, 1.807) is 0 Å². The van der Waals surface area contributed by atoms with Gasteiger partial charge in [0.25, 0.3) is 0 Å². The van der Waals surface area contributed by atoms with Crippen molar-refractivity contribution in [2.45, 2.75) is 57.0 Å². The molecule has 3 aliphatic heterocycles. The number of halogens is 1. The lowest BCUT2D eigenvalue weighted by molar-refractivity contribution is -0.146. The lowest BCUT2D eigenvalue weighted by atomic mass is 9.83. The van der Waals surface area contributed by atoms with Crippen LogP contribution < -0.4 is 4.90 Å². The predicted molar refractivity (Wildman–Crippen MR) is 99.1 cm³/mol. The third-order valence-corrected chi connectivity index (χ3v) is 7.11. The van der Waals surface area contributed by atoms with E-state index in [0.717, 1.165) is 12.8 Å². The zero-order valence-electron chi connectivity index (χ0n) is 16.3. The van der Waals surface area contributed by atoms with Crippen LogP contribution in [0, 0.1) is 23.6 Å². The Morgan fingerprint density at radius 2 is 2.11 bits per heavy atom. The first-order chi connectivity index (χ1) is 13.5. The van der Waals surface area contributed by atoms with Crippen molar-refractivity contribution in [3.63, 3.8) is 0 Å². The molecule has 5 rings (SSSR count). The maximum Gasteiger partial charge on any atom is 0.228 e. The number of anilines is 1. The number of fused-ring (bicyclic) bond motifs is 4. The molecule has 3 saturated heterocycles. The minimum atomic E-state index is -0.633. The molecule has 0 aromatic carbocycles. The second-order valence-electron chi connectivity index (χ2n) is 8.70. The van der Waals surface area contributed by atoms with Gasteiger partial charge < -0.3 is 19.6 Å². The highest BCUT2D eigenvalue weighted by atomic mass is 19.1. The molecule has 4 heterocycles. The van der Waals surface area contributed by atoms with E-state index >= 15 is 0 Å². The van der Waals surface area contributed by atoms with Crippen LogP contribution in [0.5, 0.6) is 0 Å². The van der Waals surface area contributed by atoms with E-state index in [1.807, 2.05) is 23.8 Å². The summed E-state index contributed by atoms with van der Waals surface area (Å²) in [6.45, 7) is 2.92. The van der Waals surface area contributed by atoms with Gasteiger partial charge in [0, 0.05) is 38.0 Å². The van der Waals surface area contributed by atoms with Gasteiger partial charge in [0.15, 0.2) is 11.6 Å². The lowest BCUT2D eigenvalue weighted by Crippen LogP contribution is -2.47. The van der Waals surface area contributed by atoms with Crippen LogP contribution in [0.4, 0.5) is 10.2 Å². The van der Waals surface area contributed by atoms with Gasteiger partial charge in [-0.1, -0.05) is 6.92 Å². The molecule has 8 heteroatoms. The largest absolute Gasteiger partial charge is 0.390 e. The summed E-state index contributed by atoms with van der Waals surface area (Å²) < 4.78 is 20.9. The quantitative estimate of drug-likeness (QED) is 0.826.